The Balaban J connectivity index is 2.46. The summed E-state index contributed by atoms with van der Waals surface area (Å²) in [5.74, 6) is -0.401. The second-order valence-corrected chi connectivity index (χ2v) is 3.40. The number of carbonyl (C=O) groups is 1. The molecule has 82 valence electrons. The minimum atomic E-state index is -0.418. The molecule has 0 saturated heterocycles. The van der Waals surface area contributed by atoms with E-state index in [1.54, 1.807) is 6.07 Å². The fourth-order valence-corrected chi connectivity index (χ4v) is 1.48. The van der Waals surface area contributed by atoms with Gasteiger partial charge in [0, 0.05) is 5.39 Å². The molecule has 0 saturated carbocycles. The molecule has 0 radical (unpaired) electrons. The van der Waals surface area contributed by atoms with E-state index in [0.29, 0.717) is 5.69 Å². The van der Waals surface area contributed by atoms with Gasteiger partial charge < -0.3 is 9.84 Å². The molecule has 4 heteroatoms. The summed E-state index contributed by atoms with van der Waals surface area (Å²) in [7, 11) is 1.31. The summed E-state index contributed by atoms with van der Waals surface area (Å²) in [6.07, 6.45) is -0.0207. The quantitative estimate of drug-likeness (QED) is 0.777. The molecule has 0 aliphatic heterocycles. The maximum absolute atomic E-state index is 11.1. The smallest absolute Gasteiger partial charge is 0.311 e. The fourth-order valence-electron chi connectivity index (χ4n) is 1.48. The molecule has 1 N–H and O–H groups in total. The molecular weight excluding hydrogens is 206 g/mol. The first-order valence-electron chi connectivity index (χ1n) is 4.85. The molecule has 0 fully saturated rings. The molecular formula is C12H11NO3. The van der Waals surface area contributed by atoms with E-state index >= 15 is 0 Å². The van der Waals surface area contributed by atoms with Crippen molar-refractivity contribution in [2.75, 3.05) is 7.11 Å². The highest BCUT2D eigenvalue weighted by molar-refractivity contribution is 5.81. The lowest BCUT2D eigenvalue weighted by atomic mass is 10.1. The van der Waals surface area contributed by atoms with Gasteiger partial charge in [0.1, 0.15) is 5.75 Å². The summed E-state index contributed by atoms with van der Waals surface area (Å²) in [5.41, 5.74) is 1.09. The minimum Gasteiger partial charge on any atom is -0.506 e. The van der Waals surface area contributed by atoms with E-state index in [1.807, 2.05) is 24.3 Å². The number of rotatable bonds is 2. The maximum Gasteiger partial charge on any atom is 0.311 e. The average Bonchev–Trinajstić information content (AvgIpc) is 2.30. The average molecular weight is 217 g/mol. The zero-order valence-corrected chi connectivity index (χ0v) is 8.80. The zero-order chi connectivity index (χ0) is 11.5. The molecule has 0 spiro atoms. The topological polar surface area (TPSA) is 59.4 Å². The molecule has 1 heterocycles. The largest absolute Gasteiger partial charge is 0.506 e. The predicted octanol–water partition coefficient (Wildman–Crippen LogP) is 1.66. The van der Waals surface area contributed by atoms with Crippen LogP contribution in [-0.2, 0) is 16.0 Å². The van der Waals surface area contributed by atoms with Gasteiger partial charge in [-0.2, -0.15) is 0 Å². The molecule has 2 rings (SSSR count). The van der Waals surface area contributed by atoms with Crippen LogP contribution in [0.2, 0.25) is 0 Å². The fraction of sp³-hybridized carbons (Fsp3) is 0.167. The number of carbonyl (C=O) groups excluding carboxylic acids is 1. The first kappa shape index (κ1) is 10.4. The van der Waals surface area contributed by atoms with E-state index in [4.69, 9.17) is 0 Å². The Hall–Kier alpha value is -2.10. The van der Waals surface area contributed by atoms with Crippen LogP contribution in [0.3, 0.4) is 0 Å². The Labute approximate surface area is 92.5 Å². The van der Waals surface area contributed by atoms with E-state index in [0.717, 1.165) is 10.9 Å². The van der Waals surface area contributed by atoms with Crippen molar-refractivity contribution in [3.8, 4) is 5.75 Å². The first-order valence-corrected chi connectivity index (χ1v) is 4.85. The third kappa shape index (κ3) is 1.95. The van der Waals surface area contributed by atoms with E-state index in [9.17, 15) is 9.90 Å². The van der Waals surface area contributed by atoms with Gasteiger partial charge in [-0.05, 0) is 12.1 Å². The van der Waals surface area contributed by atoms with Crippen molar-refractivity contribution in [2.24, 2.45) is 0 Å². The van der Waals surface area contributed by atoms with Crippen molar-refractivity contribution in [1.82, 2.24) is 4.98 Å². The number of methoxy groups -OCH3 is 1. The molecule has 0 aliphatic rings. The summed E-state index contributed by atoms with van der Waals surface area (Å²) >= 11 is 0. The lowest BCUT2D eigenvalue weighted by Crippen LogP contribution is -2.06. The standard InChI is InChI=1S/C12H11NO3/c1-16-12(15)7-10-11(14)6-8-4-2-3-5-9(8)13-10/h2-6,14H,7H2,1H3. The monoisotopic (exact) mass is 217 g/mol. The van der Waals surface area contributed by atoms with Crippen LogP contribution in [0.1, 0.15) is 5.69 Å². The van der Waals surface area contributed by atoms with Crippen LogP contribution in [0.25, 0.3) is 10.9 Å². The first-order chi connectivity index (χ1) is 7.70. The van der Waals surface area contributed by atoms with E-state index in [2.05, 4.69) is 9.72 Å². The molecule has 0 unspecified atom stereocenters. The molecule has 2 aromatic rings. The van der Waals surface area contributed by atoms with Crippen molar-refractivity contribution < 1.29 is 14.6 Å². The minimum absolute atomic E-state index is 0.0177. The van der Waals surface area contributed by atoms with E-state index in [-0.39, 0.29) is 12.2 Å². The van der Waals surface area contributed by atoms with Gasteiger partial charge in [-0.25, -0.2) is 4.98 Å². The highest BCUT2D eigenvalue weighted by Gasteiger charge is 2.10. The van der Waals surface area contributed by atoms with Crippen molar-refractivity contribution in [2.45, 2.75) is 6.42 Å². The summed E-state index contributed by atoms with van der Waals surface area (Å²) in [6.45, 7) is 0. The number of aromatic nitrogens is 1. The molecule has 0 bridgehead atoms. The van der Waals surface area contributed by atoms with E-state index in [1.165, 1.54) is 7.11 Å². The SMILES string of the molecule is COC(=O)Cc1nc2ccccc2cc1O. The van der Waals surface area contributed by atoms with Crippen molar-refractivity contribution >= 4 is 16.9 Å². The zero-order valence-electron chi connectivity index (χ0n) is 8.80. The summed E-state index contributed by atoms with van der Waals surface area (Å²) in [6, 6.07) is 9.00. The summed E-state index contributed by atoms with van der Waals surface area (Å²) < 4.78 is 4.53. The number of fused-ring (bicyclic) bond motifs is 1. The number of hydrogen-bond acceptors (Lipinski definition) is 4. The van der Waals surface area contributed by atoms with Crippen LogP contribution in [0.5, 0.6) is 5.75 Å². The number of aromatic hydroxyl groups is 1. The molecule has 4 nitrogen and oxygen atoms in total. The maximum atomic E-state index is 11.1. The number of nitrogens with zero attached hydrogens (tertiary/aromatic N) is 1. The van der Waals surface area contributed by atoms with Crippen LogP contribution in [0.4, 0.5) is 0 Å². The molecule has 0 atom stereocenters. The van der Waals surface area contributed by atoms with E-state index < -0.39 is 5.97 Å². The Kier molecular flexibility index (Phi) is 2.72. The molecule has 0 aliphatic carbocycles. The summed E-state index contributed by atoms with van der Waals surface area (Å²) in [5, 5.41) is 10.5. The third-order valence-electron chi connectivity index (χ3n) is 2.32. The third-order valence-corrected chi connectivity index (χ3v) is 2.32. The molecule has 0 amide bonds. The van der Waals surface area contributed by atoms with Crippen LogP contribution < -0.4 is 0 Å². The Morgan fingerprint density at radius 2 is 2.19 bits per heavy atom. The number of pyridine rings is 1. The number of hydrogen-bond donors (Lipinski definition) is 1. The van der Waals surface area contributed by atoms with Crippen molar-refractivity contribution in [3.63, 3.8) is 0 Å². The van der Waals surface area contributed by atoms with Gasteiger partial charge in [0.15, 0.2) is 0 Å². The van der Waals surface area contributed by atoms with Gasteiger partial charge in [-0.15, -0.1) is 0 Å². The van der Waals surface area contributed by atoms with Crippen molar-refractivity contribution in [1.29, 1.82) is 0 Å². The lowest BCUT2D eigenvalue weighted by molar-refractivity contribution is -0.139. The predicted molar refractivity (Wildman–Crippen MR) is 59.1 cm³/mol. The van der Waals surface area contributed by atoms with Crippen molar-refractivity contribution in [3.05, 3.63) is 36.0 Å². The highest BCUT2D eigenvalue weighted by atomic mass is 16.5. The number of ether oxygens (including phenoxy) is 1. The number of benzene rings is 1. The second-order valence-electron chi connectivity index (χ2n) is 3.40. The van der Waals surface area contributed by atoms with Gasteiger partial charge >= 0.3 is 5.97 Å². The molecule has 1 aromatic heterocycles. The highest BCUT2D eigenvalue weighted by Crippen LogP contribution is 2.22. The Bertz CT molecular complexity index is 537. The van der Waals surface area contributed by atoms with Crippen LogP contribution in [-0.4, -0.2) is 23.2 Å². The van der Waals surface area contributed by atoms with Crippen LogP contribution in [0, 0.1) is 0 Å². The van der Waals surface area contributed by atoms with Crippen LogP contribution >= 0.6 is 0 Å². The number of para-hydroxylation sites is 1. The van der Waals surface area contributed by atoms with Crippen LogP contribution in [0.15, 0.2) is 30.3 Å². The van der Waals surface area contributed by atoms with Gasteiger partial charge in [-0.3, -0.25) is 4.79 Å². The molecule has 16 heavy (non-hydrogen) atoms. The van der Waals surface area contributed by atoms with Gasteiger partial charge in [-0.1, -0.05) is 18.2 Å². The lowest BCUT2D eigenvalue weighted by Gasteiger charge is -2.04. The van der Waals surface area contributed by atoms with Gasteiger partial charge in [0.25, 0.3) is 0 Å². The summed E-state index contributed by atoms with van der Waals surface area (Å²) in [4.78, 5) is 15.3. The van der Waals surface area contributed by atoms with Gasteiger partial charge in [0.05, 0.1) is 24.7 Å². The second kappa shape index (κ2) is 4.18. The number of esters is 1. The normalized spacial score (nSPS) is 10.3. The Morgan fingerprint density at radius 1 is 1.44 bits per heavy atom. The molecule has 1 aromatic carbocycles. The van der Waals surface area contributed by atoms with Gasteiger partial charge in [0.2, 0.25) is 0 Å². The Morgan fingerprint density at radius 3 is 2.94 bits per heavy atom.